The van der Waals surface area contributed by atoms with E-state index < -0.39 is 23.6 Å². The molecular formula is C18H17BrF2INO3. The van der Waals surface area contributed by atoms with Crippen LogP contribution >= 0.6 is 38.5 Å². The lowest BCUT2D eigenvalue weighted by Crippen LogP contribution is -2.29. The molecule has 0 saturated heterocycles. The summed E-state index contributed by atoms with van der Waals surface area (Å²) in [7, 11) is 0. The molecule has 1 unspecified atom stereocenters. The van der Waals surface area contributed by atoms with E-state index in [1.165, 1.54) is 6.07 Å². The molecule has 0 spiro atoms. The first-order valence-corrected chi connectivity index (χ1v) is 9.67. The lowest BCUT2D eigenvalue weighted by molar-refractivity contribution is -0.0133. The summed E-state index contributed by atoms with van der Waals surface area (Å²) in [4.78, 5) is 17.4. The molecule has 0 aliphatic heterocycles. The highest BCUT2D eigenvalue weighted by molar-refractivity contribution is 14.1. The SMILES string of the molecule is CCC(O)CONC(=O)c1cc(Br)c(F)c(F)c1-c1ccc(I)cc1C. The summed E-state index contributed by atoms with van der Waals surface area (Å²) < 4.78 is 29.6. The van der Waals surface area contributed by atoms with E-state index in [-0.39, 0.29) is 22.2 Å². The van der Waals surface area contributed by atoms with E-state index in [9.17, 15) is 18.7 Å². The maximum absolute atomic E-state index is 14.7. The number of rotatable bonds is 6. The van der Waals surface area contributed by atoms with Gasteiger partial charge in [-0.3, -0.25) is 9.63 Å². The summed E-state index contributed by atoms with van der Waals surface area (Å²) in [5.74, 6) is -2.93. The molecule has 0 heterocycles. The van der Waals surface area contributed by atoms with Crippen LogP contribution in [0, 0.1) is 22.1 Å². The summed E-state index contributed by atoms with van der Waals surface area (Å²) in [5.41, 5.74) is 3.06. The Labute approximate surface area is 172 Å². The number of benzene rings is 2. The van der Waals surface area contributed by atoms with Crippen molar-refractivity contribution in [3.63, 3.8) is 0 Å². The Morgan fingerprint density at radius 1 is 1.35 bits per heavy atom. The second-order valence-corrected chi connectivity index (χ2v) is 7.77. The molecule has 1 atom stereocenters. The smallest absolute Gasteiger partial charge is 0.275 e. The minimum Gasteiger partial charge on any atom is -0.391 e. The number of carbonyl (C=O) groups excluding carboxylic acids is 1. The molecule has 2 N–H and O–H groups in total. The van der Waals surface area contributed by atoms with E-state index in [0.717, 1.165) is 3.57 Å². The summed E-state index contributed by atoms with van der Waals surface area (Å²) in [5, 5.41) is 9.47. The second kappa shape index (κ2) is 9.20. The number of halogens is 4. The van der Waals surface area contributed by atoms with Crippen LogP contribution in [0.4, 0.5) is 8.78 Å². The minimum atomic E-state index is -1.12. The summed E-state index contributed by atoms with van der Waals surface area (Å²) in [6.45, 7) is 3.41. The Hall–Kier alpha value is -1.10. The monoisotopic (exact) mass is 539 g/mol. The van der Waals surface area contributed by atoms with E-state index in [1.807, 2.05) is 6.07 Å². The van der Waals surface area contributed by atoms with Gasteiger partial charge in [0.2, 0.25) is 0 Å². The van der Waals surface area contributed by atoms with Gasteiger partial charge in [-0.2, -0.15) is 0 Å². The fraction of sp³-hybridized carbons (Fsp3) is 0.278. The van der Waals surface area contributed by atoms with Crippen molar-refractivity contribution in [2.24, 2.45) is 0 Å². The molecule has 0 bridgehead atoms. The number of amides is 1. The van der Waals surface area contributed by atoms with Gasteiger partial charge in [-0.05, 0) is 81.2 Å². The van der Waals surface area contributed by atoms with Crippen molar-refractivity contribution in [1.29, 1.82) is 0 Å². The predicted molar refractivity (Wildman–Crippen MR) is 107 cm³/mol. The largest absolute Gasteiger partial charge is 0.391 e. The van der Waals surface area contributed by atoms with Crippen LogP contribution in [0.5, 0.6) is 0 Å². The van der Waals surface area contributed by atoms with Gasteiger partial charge in [0, 0.05) is 9.13 Å². The van der Waals surface area contributed by atoms with Gasteiger partial charge in [0.05, 0.1) is 16.1 Å². The van der Waals surface area contributed by atoms with Gasteiger partial charge in [0.15, 0.2) is 11.6 Å². The summed E-state index contributed by atoms with van der Waals surface area (Å²) in [6, 6.07) is 6.41. The third kappa shape index (κ3) is 4.79. The van der Waals surface area contributed by atoms with Gasteiger partial charge < -0.3 is 5.11 Å². The van der Waals surface area contributed by atoms with Gasteiger partial charge in [-0.25, -0.2) is 14.3 Å². The molecule has 1 amide bonds. The van der Waals surface area contributed by atoms with E-state index in [4.69, 9.17) is 4.84 Å². The third-order valence-electron chi connectivity index (χ3n) is 3.78. The fourth-order valence-corrected chi connectivity index (χ4v) is 3.37. The van der Waals surface area contributed by atoms with E-state index >= 15 is 0 Å². The van der Waals surface area contributed by atoms with Crippen molar-refractivity contribution in [1.82, 2.24) is 5.48 Å². The molecule has 0 saturated carbocycles. The van der Waals surface area contributed by atoms with Crippen LogP contribution in [-0.4, -0.2) is 23.7 Å². The lowest BCUT2D eigenvalue weighted by atomic mass is 9.95. The quantitative estimate of drug-likeness (QED) is 0.317. The molecule has 26 heavy (non-hydrogen) atoms. The number of aryl methyl sites for hydroxylation is 1. The molecule has 0 aliphatic carbocycles. The van der Waals surface area contributed by atoms with E-state index in [2.05, 4.69) is 44.0 Å². The van der Waals surface area contributed by atoms with Crippen LogP contribution < -0.4 is 5.48 Å². The molecule has 2 rings (SSSR count). The second-order valence-electron chi connectivity index (χ2n) is 5.67. The molecule has 2 aromatic carbocycles. The zero-order chi connectivity index (χ0) is 19.4. The Morgan fingerprint density at radius 3 is 2.65 bits per heavy atom. The molecule has 4 nitrogen and oxygen atoms in total. The number of hydrogen-bond acceptors (Lipinski definition) is 3. The van der Waals surface area contributed by atoms with Gasteiger partial charge in [0.25, 0.3) is 5.91 Å². The number of aliphatic hydroxyl groups is 1. The lowest BCUT2D eigenvalue weighted by Gasteiger charge is -2.15. The highest BCUT2D eigenvalue weighted by Crippen LogP contribution is 2.35. The highest BCUT2D eigenvalue weighted by atomic mass is 127. The Morgan fingerprint density at radius 2 is 2.04 bits per heavy atom. The van der Waals surface area contributed by atoms with Crippen molar-refractivity contribution in [3.8, 4) is 11.1 Å². The van der Waals surface area contributed by atoms with Gasteiger partial charge in [-0.1, -0.05) is 13.0 Å². The van der Waals surface area contributed by atoms with Gasteiger partial charge >= 0.3 is 0 Å². The summed E-state index contributed by atoms with van der Waals surface area (Å²) in [6.07, 6.45) is -0.274. The Bertz CT molecular complexity index is 833. The normalized spacial score (nSPS) is 12.1. The third-order valence-corrected chi connectivity index (χ3v) is 5.02. The maximum atomic E-state index is 14.7. The average Bonchev–Trinajstić information content (AvgIpc) is 2.60. The molecule has 0 aliphatic rings. The zero-order valence-corrected chi connectivity index (χ0v) is 17.8. The van der Waals surface area contributed by atoms with E-state index in [1.54, 1.807) is 26.0 Å². The van der Waals surface area contributed by atoms with Gasteiger partial charge in [-0.15, -0.1) is 0 Å². The van der Waals surface area contributed by atoms with Crippen molar-refractivity contribution < 1.29 is 23.5 Å². The molecule has 8 heteroatoms. The number of hydrogen-bond donors (Lipinski definition) is 2. The van der Waals surface area contributed by atoms with Crippen LogP contribution in [0.15, 0.2) is 28.7 Å². The number of carbonyl (C=O) groups is 1. The molecule has 140 valence electrons. The van der Waals surface area contributed by atoms with Crippen LogP contribution in [0.3, 0.4) is 0 Å². The minimum absolute atomic E-state index is 0.0777. The number of hydroxylamine groups is 1. The number of aliphatic hydroxyl groups excluding tert-OH is 1. The van der Waals surface area contributed by atoms with Crippen molar-refractivity contribution in [2.75, 3.05) is 6.61 Å². The summed E-state index contributed by atoms with van der Waals surface area (Å²) >= 11 is 5.04. The first-order valence-electron chi connectivity index (χ1n) is 7.80. The Kier molecular flexibility index (Phi) is 7.51. The van der Waals surface area contributed by atoms with Crippen molar-refractivity contribution >= 4 is 44.4 Å². The van der Waals surface area contributed by atoms with Crippen LogP contribution in [0.25, 0.3) is 11.1 Å². The van der Waals surface area contributed by atoms with Crippen molar-refractivity contribution in [3.05, 3.63) is 55.1 Å². The highest BCUT2D eigenvalue weighted by Gasteiger charge is 2.24. The predicted octanol–water partition coefficient (Wildman–Crippen LogP) is 4.74. The van der Waals surface area contributed by atoms with Crippen molar-refractivity contribution in [2.45, 2.75) is 26.4 Å². The zero-order valence-electron chi connectivity index (χ0n) is 14.1. The molecule has 0 radical (unpaired) electrons. The maximum Gasteiger partial charge on any atom is 0.275 e. The topological polar surface area (TPSA) is 58.6 Å². The molecule has 2 aromatic rings. The molecule has 0 aromatic heterocycles. The van der Waals surface area contributed by atoms with Crippen LogP contribution in [0.1, 0.15) is 29.3 Å². The Balaban J connectivity index is 2.47. The average molecular weight is 540 g/mol. The molecule has 0 fully saturated rings. The van der Waals surface area contributed by atoms with Crippen LogP contribution in [-0.2, 0) is 4.84 Å². The van der Waals surface area contributed by atoms with Crippen LogP contribution in [0.2, 0.25) is 0 Å². The fourth-order valence-electron chi connectivity index (χ4n) is 2.32. The van der Waals surface area contributed by atoms with Gasteiger partial charge in [0.1, 0.15) is 6.61 Å². The van der Waals surface area contributed by atoms with E-state index in [0.29, 0.717) is 17.5 Å². The number of nitrogens with one attached hydrogen (secondary N) is 1. The first kappa shape index (κ1) is 21.2. The standard InChI is InChI=1S/C18H17BrF2INO3/c1-3-11(24)8-26-23-18(25)13-7-14(19)16(20)17(21)15(13)12-5-4-10(22)6-9(12)2/h4-7,11,24H,3,8H2,1-2H3,(H,23,25). The first-order chi connectivity index (χ1) is 12.3. The molecular weight excluding hydrogens is 523 g/mol.